The Morgan fingerprint density at radius 3 is 2.59 bits per heavy atom. The van der Waals surface area contributed by atoms with Gasteiger partial charge in [-0.3, -0.25) is 0 Å². The molecule has 2 rings (SSSR count). The van der Waals surface area contributed by atoms with Crippen molar-refractivity contribution < 1.29 is 13.9 Å². The van der Waals surface area contributed by atoms with E-state index in [-0.39, 0.29) is 0 Å². The van der Waals surface area contributed by atoms with Crippen LogP contribution in [-0.2, 0) is 0 Å². The van der Waals surface area contributed by atoms with Gasteiger partial charge in [-0.15, -0.1) is 11.6 Å². The van der Waals surface area contributed by atoms with Gasteiger partial charge in [-0.05, 0) is 30.3 Å². The first-order valence-corrected chi connectivity index (χ1v) is 5.59. The van der Waals surface area contributed by atoms with E-state index in [9.17, 15) is 0 Å². The number of alkyl halides is 1. The van der Waals surface area contributed by atoms with Gasteiger partial charge in [0.2, 0.25) is 0 Å². The van der Waals surface area contributed by atoms with Crippen molar-refractivity contribution in [2.75, 3.05) is 14.2 Å². The van der Waals surface area contributed by atoms with Gasteiger partial charge in [-0.2, -0.15) is 0 Å². The third kappa shape index (κ3) is 2.39. The molecular formula is C13H13ClO3. The lowest BCUT2D eigenvalue weighted by atomic mass is 10.1. The molecule has 0 saturated carbocycles. The molecule has 0 aliphatic heterocycles. The van der Waals surface area contributed by atoms with Crippen LogP contribution in [-0.4, -0.2) is 14.2 Å². The van der Waals surface area contributed by atoms with Gasteiger partial charge < -0.3 is 13.9 Å². The highest BCUT2D eigenvalue weighted by Gasteiger charge is 2.18. The van der Waals surface area contributed by atoms with Crippen LogP contribution in [0.5, 0.6) is 11.5 Å². The molecule has 0 fully saturated rings. The second-order valence-electron chi connectivity index (χ2n) is 3.49. The molecule has 1 unspecified atom stereocenters. The van der Waals surface area contributed by atoms with Crippen molar-refractivity contribution in [3.63, 3.8) is 0 Å². The fourth-order valence-electron chi connectivity index (χ4n) is 1.63. The number of hydrogen-bond acceptors (Lipinski definition) is 3. The topological polar surface area (TPSA) is 31.6 Å². The fraction of sp³-hybridized carbons (Fsp3) is 0.231. The first-order valence-electron chi connectivity index (χ1n) is 5.15. The smallest absolute Gasteiger partial charge is 0.126 e. The number of hydrogen-bond donors (Lipinski definition) is 0. The van der Waals surface area contributed by atoms with Crippen LogP contribution < -0.4 is 9.47 Å². The molecule has 3 nitrogen and oxygen atoms in total. The Hall–Kier alpha value is -1.61. The number of halogens is 1. The molecule has 0 radical (unpaired) electrons. The average Bonchev–Trinajstić information content (AvgIpc) is 2.91. The van der Waals surface area contributed by atoms with Crippen molar-refractivity contribution in [1.82, 2.24) is 0 Å². The third-order valence-corrected chi connectivity index (χ3v) is 2.95. The maximum absolute atomic E-state index is 6.36. The van der Waals surface area contributed by atoms with Gasteiger partial charge in [0.1, 0.15) is 22.6 Å². The Labute approximate surface area is 105 Å². The molecule has 0 amide bonds. The summed E-state index contributed by atoms with van der Waals surface area (Å²) < 4.78 is 15.8. The Kier molecular flexibility index (Phi) is 3.59. The van der Waals surface area contributed by atoms with E-state index >= 15 is 0 Å². The van der Waals surface area contributed by atoms with Crippen LogP contribution >= 0.6 is 11.6 Å². The summed E-state index contributed by atoms with van der Waals surface area (Å²) in [5.41, 5.74) is 0.823. The van der Waals surface area contributed by atoms with Crippen molar-refractivity contribution in [1.29, 1.82) is 0 Å². The number of rotatable bonds is 4. The van der Waals surface area contributed by atoms with Crippen molar-refractivity contribution in [3.05, 3.63) is 47.9 Å². The summed E-state index contributed by atoms with van der Waals surface area (Å²) in [5.74, 6) is 2.12. The molecule has 0 bridgehead atoms. The highest BCUT2D eigenvalue weighted by atomic mass is 35.5. The standard InChI is InChI=1S/C13H13ClO3/c1-15-9-5-6-11(16-2)10(8-9)13(14)12-4-3-7-17-12/h3-8,13H,1-2H3. The second kappa shape index (κ2) is 5.15. The maximum Gasteiger partial charge on any atom is 0.126 e. The highest BCUT2D eigenvalue weighted by Crippen LogP contribution is 2.37. The van der Waals surface area contributed by atoms with Crippen LogP contribution in [0.3, 0.4) is 0 Å². The molecule has 17 heavy (non-hydrogen) atoms. The van der Waals surface area contributed by atoms with Crippen molar-refractivity contribution in [2.24, 2.45) is 0 Å². The van der Waals surface area contributed by atoms with Crippen molar-refractivity contribution in [2.45, 2.75) is 5.38 Å². The lowest BCUT2D eigenvalue weighted by molar-refractivity contribution is 0.397. The van der Waals surface area contributed by atoms with Crippen LogP contribution in [0.4, 0.5) is 0 Å². The molecule has 0 saturated heterocycles. The molecule has 1 heterocycles. The third-order valence-electron chi connectivity index (χ3n) is 2.50. The monoisotopic (exact) mass is 252 g/mol. The summed E-state index contributed by atoms with van der Waals surface area (Å²) in [4.78, 5) is 0. The van der Waals surface area contributed by atoms with Crippen LogP contribution in [0.15, 0.2) is 41.0 Å². The predicted molar refractivity (Wildman–Crippen MR) is 66.0 cm³/mol. The van der Waals surface area contributed by atoms with Gasteiger partial charge in [0.25, 0.3) is 0 Å². The first-order chi connectivity index (χ1) is 8.26. The van der Waals surface area contributed by atoms with Crippen LogP contribution in [0.2, 0.25) is 0 Å². The zero-order valence-corrected chi connectivity index (χ0v) is 10.4. The normalized spacial score (nSPS) is 12.2. The quantitative estimate of drug-likeness (QED) is 0.779. The zero-order valence-electron chi connectivity index (χ0n) is 9.64. The van der Waals surface area contributed by atoms with Crippen LogP contribution in [0.25, 0.3) is 0 Å². The minimum Gasteiger partial charge on any atom is -0.497 e. The van der Waals surface area contributed by atoms with Gasteiger partial charge in [-0.25, -0.2) is 0 Å². The van der Waals surface area contributed by atoms with E-state index in [4.69, 9.17) is 25.5 Å². The van der Waals surface area contributed by atoms with E-state index in [0.717, 1.165) is 11.3 Å². The lowest BCUT2D eigenvalue weighted by Gasteiger charge is -2.13. The predicted octanol–water partition coefficient (Wildman–Crippen LogP) is 3.63. The summed E-state index contributed by atoms with van der Waals surface area (Å²) in [6.45, 7) is 0. The van der Waals surface area contributed by atoms with E-state index < -0.39 is 5.38 Å². The Morgan fingerprint density at radius 1 is 1.18 bits per heavy atom. The molecule has 0 aliphatic rings. The average molecular weight is 253 g/mol. The molecule has 1 aromatic carbocycles. The first kappa shape index (κ1) is 11.9. The van der Waals surface area contributed by atoms with E-state index in [1.54, 1.807) is 26.5 Å². The number of benzene rings is 1. The lowest BCUT2D eigenvalue weighted by Crippen LogP contribution is -1.97. The summed E-state index contributed by atoms with van der Waals surface area (Å²) in [7, 11) is 3.22. The number of ether oxygens (including phenoxy) is 2. The van der Waals surface area contributed by atoms with E-state index in [1.807, 2.05) is 24.3 Å². The van der Waals surface area contributed by atoms with Crippen molar-refractivity contribution in [3.8, 4) is 11.5 Å². The summed E-state index contributed by atoms with van der Waals surface area (Å²) in [6, 6.07) is 9.13. The molecule has 0 aliphatic carbocycles. The molecule has 0 N–H and O–H groups in total. The number of furan rings is 1. The summed E-state index contributed by atoms with van der Waals surface area (Å²) >= 11 is 6.36. The maximum atomic E-state index is 6.36. The Balaban J connectivity index is 2.41. The van der Waals surface area contributed by atoms with Gasteiger partial charge in [-0.1, -0.05) is 0 Å². The van der Waals surface area contributed by atoms with Crippen LogP contribution in [0.1, 0.15) is 16.7 Å². The minimum atomic E-state index is -0.393. The van der Waals surface area contributed by atoms with Gasteiger partial charge in [0, 0.05) is 5.56 Å². The molecule has 4 heteroatoms. The van der Waals surface area contributed by atoms with Gasteiger partial charge in [0.15, 0.2) is 0 Å². The van der Waals surface area contributed by atoms with E-state index in [0.29, 0.717) is 11.5 Å². The highest BCUT2D eigenvalue weighted by molar-refractivity contribution is 6.22. The van der Waals surface area contributed by atoms with Crippen molar-refractivity contribution >= 4 is 11.6 Å². The minimum absolute atomic E-state index is 0.393. The van der Waals surface area contributed by atoms with E-state index in [2.05, 4.69) is 0 Å². The van der Waals surface area contributed by atoms with Gasteiger partial charge in [0.05, 0.1) is 20.5 Å². The summed E-state index contributed by atoms with van der Waals surface area (Å²) in [5, 5.41) is -0.393. The largest absolute Gasteiger partial charge is 0.497 e. The van der Waals surface area contributed by atoms with Gasteiger partial charge >= 0.3 is 0 Å². The molecule has 2 aromatic rings. The Bertz CT molecular complexity index is 479. The molecule has 0 spiro atoms. The van der Waals surface area contributed by atoms with Crippen LogP contribution in [0, 0.1) is 0 Å². The SMILES string of the molecule is COc1ccc(OC)c(C(Cl)c2ccco2)c1. The second-order valence-corrected chi connectivity index (χ2v) is 3.92. The van der Waals surface area contributed by atoms with E-state index in [1.165, 1.54) is 0 Å². The molecule has 1 atom stereocenters. The summed E-state index contributed by atoms with van der Waals surface area (Å²) in [6.07, 6.45) is 1.59. The molecule has 90 valence electrons. The fourth-order valence-corrected chi connectivity index (χ4v) is 1.92. The number of methoxy groups -OCH3 is 2. The Morgan fingerprint density at radius 2 is 2.00 bits per heavy atom. The molecular weight excluding hydrogens is 240 g/mol. The molecule has 1 aromatic heterocycles. The zero-order chi connectivity index (χ0) is 12.3.